The summed E-state index contributed by atoms with van der Waals surface area (Å²) in [4.78, 5) is 19.8. The smallest absolute Gasteiger partial charge is 0.275 e. The number of halogens is 1. The van der Waals surface area contributed by atoms with Crippen LogP contribution >= 0.6 is 22.6 Å². The Morgan fingerprint density at radius 2 is 1.56 bits per heavy atom. The van der Waals surface area contributed by atoms with Gasteiger partial charge in [-0.15, -0.1) is 0 Å². The molecule has 3 aromatic carbocycles. The van der Waals surface area contributed by atoms with Crippen molar-refractivity contribution < 1.29 is 14.3 Å². The second kappa shape index (κ2) is 9.32. The molecule has 0 saturated heterocycles. The van der Waals surface area contributed by atoms with Gasteiger partial charge in [0.05, 0.1) is 19.9 Å². The third kappa shape index (κ3) is 3.97. The van der Waals surface area contributed by atoms with E-state index >= 15 is 0 Å². The maximum atomic E-state index is 14.4. The van der Waals surface area contributed by atoms with E-state index in [4.69, 9.17) is 9.47 Å². The van der Waals surface area contributed by atoms with E-state index in [1.165, 1.54) is 0 Å². The van der Waals surface area contributed by atoms with Crippen molar-refractivity contribution in [3.05, 3.63) is 98.8 Å². The number of nitrogens with zero attached hydrogens (tertiary/aromatic N) is 1. The lowest BCUT2D eigenvalue weighted by Gasteiger charge is -2.37. The number of ether oxygens (including phenoxy) is 2. The van der Waals surface area contributed by atoms with E-state index in [9.17, 15) is 4.79 Å². The molecule has 1 aromatic heterocycles. The predicted octanol–water partition coefficient (Wildman–Crippen LogP) is 7.38. The van der Waals surface area contributed by atoms with Gasteiger partial charge >= 0.3 is 0 Å². The Morgan fingerprint density at radius 3 is 2.22 bits per heavy atom. The van der Waals surface area contributed by atoms with Crippen molar-refractivity contribution in [3.63, 3.8) is 0 Å². The first-order valence-corrected chi connectivity index (χ1v) is 13.0. The summed E-state index contributed by atoms with van der Waals surface area (Å²) in [6, 6.07) is 24.3. The third-order valence-corrected chi connectivity index (χ3v) is 7.75. The second-order valence-corrected chi connectivity index (χ2v) is 11.0. The van der Waals surface area contributed by atoms with Gasteiger partial charge in [-0.2, -0.15) is 0 Å². The first-order chi connectivity index (χ1) is 17.3. The number of aromatic nitrogens is 1. The van der Waals surface area contributed by atoms with E-state index in [2.05, 4.69) is 72.6 Å². The molecule has 1 amide bonds. The molecule has 1 atom stereocenters. The van der Waals surface area contributed by atoms with E-state index in [1.54, 1.807) is 14.2 Å². The van der Waals surface area contributed by atoms with E-state index in [0.717, 1.165) is 36.9 Å². The average molecular weight is 592 g/mol. The van der Waals surface area contributed by atoms with Crippen LogP contribution in [0, 0.1) is 0 Å². The van der Waals surface area contributed by atoms with Crippen molar-refractivity contribution in [3.8, 4) is 11.5 Å². The van der Waals surface area contributed by atoms with Gasteiger partial charge in [-0.1, -0.05) is 54.6 Å². The summed E-state index contributed by atoms with van der Waals surface area (Å²) in [6.45, 7) is 6.24. The van der Waals surface area contributed by atoms with Gasteiger partial charge in [0, 0.05) is 31.5 Å². The normalized spacial score (nSPS) is 16.2. The summed E-state index contributed by atoms with van der Waals surface area (Å²) >= 11 is 2.45. The number of carbonyl (C=O) groups excluding carboxylic acids is 1. The van der Waals surface area contributed by atoms with Gasteiger partial charge in [0.1, 0.15) is 5.69 Å². The highest BCUT2D eigenvalue weighted by Gasteiger charge is 2.41. The quantitative estimate of drug-likeness (QED) is 0.252. The molecule has 0 spiro atoms. The lowest BCUT2D eigenvalue weighted by atomic mass is 9.88. The molecular weight excluding hydrogens is 563 g/mol. The number of nitrogens with one attached hydrogen (secondary N) is 1. The van der Waals surface area contributed by atoms with Gasteiger partial charge < -0.3 is 19.4 Å². The molecule has 1 unspecified atom stereocenters. The Hall–Kier alpha value is -3.26. The zero-order valence-electron chi connectivity index (χ0n) is 21.1. The van der Waals surface area contributed by atoms with E-state index < -0.39 is 5.54 Å². The van der Waals surface area contributed by atoms with E-state index in [-0.39, 0.29) is 11.8 Å². The van der Waals surface area contributed by atoms with Crippen LogP contribution in [0.4, 0.5) is 0 Å². The molecule has 5 nitrogen and oxygen atoms in total. The lowest BCUT2D eigenvalue weighted by molar-refractivity contribution is 0.0724. The number of fused-ring (bicyclic) bond motifs is 3. The molecule has 0 radical (unpaired) electrons. The van der Waals surface area contributed by atoms with Crippen molar-refractivity contribution in [2.75, 3.05) is 14.2 Å². The fourth-order valence-electron chi connectivity index (χ4n) is 5.06. The van der Waals surface area contributed by atoms with Crippen LogP contribution in [-0.2, 0) is 0 Å². The van der Waals surface area contributed by atoms with Crippen molar-refractivity contribution in [2.24, 2.45) is 0 Å². The number of para-hydroxylation sites is 1. The molecule has 2 heterocycles. The van der Waals surface area contributed by atoms with Crippen molar-refractivity contribution in [1.82, 2.24) is 9.88 Å². The maximum Gasteiger partial charge on any atom is 0.275 e. The largest absolute Gasteiger partial charge is 0.493 e. The Balaban J connectivity index is 1.91. The Morgan fingerprint density at radius 1 is 0.889 bits per heavy atom. The number of H-pyrrole nitrogens is 1. The van der Waals surface area contributed by atoms with Crippen molar-refractivity contribution in [1.29, 1.82) is 0 Å². The highest BCUT2D eigenvalue weighted by atomic mass is 127. The number of carbonyl (C=O) groups is 1. The first-order valence-electron chi connectivity index (χ1n) is 11.9. The van der Waals surface area contributed by atoms with Gasteiger partial charge in [-0.25, -0.2) is 0 Å². The summed E-state index contributed by atoms with van der Waals surface area (Å²) in [5.74, 6) is 1.10. The molecule has 6 heteroatoms. The lowest BCUT2D eigenvalue weighted by Crippen LogP contribution is -2.44. The fourth-order valence-corrected chi connectivity index (χ4v) is 6.29. The van der Waals surface area contributed by atoms with Gasteiger partial charge in [0.25, 0.3) is 5.91 Å². The van der Waals surface area contributed by atoms with Crippen LogP contribution in [-0.4, -0.2) is 35.5 Å². The molecule has 0 aliphatic carbocycles. The molecule has 36 heavy (non-hydrogen) atoms. The summed E-state index contributed by atoms with van der Waals surface area (Å²) < 4.78 is 12.3. The Kier molecular flexibility index (Phi) is 6.32. The van der Waals surface area contributed by atoms with Crippen LogP contribution in [0.5, 0.6) is 11.5 Å². The SMILES string of the molecule is COc1ccc(C2C(I)=C(c3ccccc3)N(C(C)(C)C)C(=O)c3[nH]c4ccccc4c32)cc1OC. The first kappa shape index (κ1) is 24.4. The molecule has 1 aliphatic rings. The number of hydrogen-bond acceptors (Lipinski definition) is 3. The minimum Gasteiger partial charge on any atom is -0.493 e. The number of amides is 1. The van der Waals surface area contributed by atoms with Gasteiger partial charge in [-0.05, 0) is 72.7 Å². The van der Waals surface area contributed by atoms with E-state index in [0.29, 0.717) is 17.2 Å². The molecule has 1 aliphatic heterocycles. The molecular formula is C30H29IN2O3. The molecule has 0 bridgehead atoms. The van der Waals surface area contributed by atoms with Crippen LogP contribution in [0.3, 0.4) is 0 Å². The monoisotopic (exact) mass is 592 g/mol. The second-order valence-electron chi connectivity index (χ2n) is 9.88. The topological polar surface area (TPSA) is 54.6 Å². The minimum absolute atomic E-state index is 0.0373. The summed E-state index contributed by atoms with van der Waals surface area (Å²) in [5, 5.41) is 1.04. The maximum absolute atomic E-state index is 14.4. The van der Waals surface area contributed by atoms with E-state index in [1.807, 2.05) is 53.4 Å². The number of benzene rings is 3. The molecule has 4 aromatic rings. The van der Waals surface area contributed by atoms with Crippen LogP contribution in [0.25, 0.3) is 16.6 Å². The number of allylic oxidation sites excluding steroid dienone is 1. The Bertz CT molecular complexity index is 1480. The van der Waals surface area contributed by atoms with Gasteiger partial charge in [-0.3, -0.25) is 4.79 Å². The van der Waals surface area contributed by atoms with Crippen molar-refractivity contribution >= 4 is 45.1 Å². The highest BCUT2D eigenvalue weighted by Crippen LogP contribution is 2.50. The van der Waals surface area contributed by atoms with Gasteiger partial charge in [0.2, 0.25) is 0 Å². The molecule has 0 fully saturated rings. The summed E-state index contributed by atoms with van der Waals surface area (Å²) in [6.07, 6.45) is 0. The zero-order valence-corrected chi connectivity index (χ0v) is 23.2. The number of rotatable bonds is 4. The standard InChI is InChI=1S/C30H29IN2O3/c1-30(2,3)33-28(18-11-7-6-8-12-18)26(31)24(19-15-16-22(35-4)23(17-19)36-5)25-20-13-9-10-14-21(20)32-27(25)29(33)34/h6-17,24,32H,1-5H3. The summed E-state index contributed by atoms with van der Waals surface area (Å²) in [7, 11) is 3.28. The Labute approximate surface area is 225 Å². The highest BCUT2D eigenvalue weighted by molar-refractivity contribution is 14.1. The van der Waals surface area contributed by atoms with Crippen LogP contribution < -0.4 is 9.47 Å². The van der Waals surface area contributed by atoms with Crippen LogP contribution in [0.2, 0.25) is 0 Å². The van der Waals surface area contributed by atoms with Gasteiger partial charge in [0.15, 0.2) is 11.5 Å². The fraction of sp³-hybridized carbons (Fsp3) is 0.233. The van der Waals surface area contributed by atoms with Crippen LogP contribution in [0.1, 0.15) is 53.9 Å². The number of methoxy groups -OCH3 is 2. The average Bonchev–Trinajstić information content (AvgIpc) is 3.21. The molecule has 184 valence electrons. The minimum atomic E-state index is -0.459. The molecule has 5 rings (SSSR count). The van der Waals surface area contributed by atoms with Crippen molar-refractivity contribution in [2.45, 2.75) is 32.2 Å². The number of aromatic amines is 1. The molecule has 0 saturated carbocycles. The molecule has 1 N–H and O–H groups in total. The third-order valence-electron chi connectivity index (χ3n) is 6.61. The number of hydrogen-bond donors (Lipinski definition) is 1. The zero-order chi connectivity index (χ0) is 25.6. The summed E-state index contributed by atoms with van der Waals surface area (Å²) in [5.41, 5.74) is 5.04. The van der Waals surface area contributed by atoms with Crippen LogP contribution in [0.15, 0.2) is 76.4 Å². The predicted molar refractivity (Wildman–Crippen MR) is 153 cm³/mol.